The number of hydrogen-bond acceptors (Lipinski definition) is 5. The molecule has 2 rings (SSSR count). The first-order chi connectivity index (χ1) is 7.65. The van der Waals surface area contributed by atoms with Gasteiger partial charge in [0.05, 0.1) is 24.2 Å². The van der Waals surface area contributed by atoms with Crippen LogP contribution in [0, 0.1) is 10.1 Å². The molecule has 2 N–H and O–H groups in total. The molecule has 0 amide bonds. The summed E-state index contributed by atoms with van der Waals surface area (Å²) in [5.41, 5.74) is 6.28. The molecule has 1 aliphatic heterocycles. The molecule has 1 heterocycles. The Labute approximate surface area is 104 Å². The Morgan fingerprint density at radius 3 is 2.88 bits per heavy atom. The second kappa shape index (κ2) is 5.20. The molecule has 94 valence electrons. The fourth-order valence-electron chi connectivity index (χ4n) is 1.83. The minimum atomic E-state index is -0.452. The minimum Gasteiger partial charge on any atom is -0.493 e. The Hall–Kier alpha value is -1.53. The minimum absolute atomic E-state index is 0. The van der Waals surface area contributed by atoms with Crippen molar-refractivity contribution in [3.8, 4) is 11.5 Å². The van der Waals surface area contributed by atoms with Crippen LogP contribution in [0.15, 0.2) is 12.1 Å². The third-order valence-electron chi connectivity index (χ3n) is 2.60. The van der Waals surface area contributed by atoms with Gasteiger partial charge in [0.2, 0.25) is 0 Å². The van der Waals surface area contributed by atoms with E-state index in [2.05, 4.69) is 0 Å². The van der Waals surface area contributed by atoms with Crippen molar-refractivity contribution in [2.24, 2.45) is 5.73 Å². The molecular formula is C10H13ClN2O4. The Bertz CT molecular complexity index is 439. The fourth-order valence-corrected chi connectivity index (χ4v) is 1.83. The van der Waals surface area contributed by atoms with Crippen molar-refractivity contribution in [1.82, 2.24) is 0 Å². The van der Waals surface area contributed by atoms with Crippen LogP contribution in [-0.2, 0) is 0 Å². The van der Waals surface area contributed by atoms with Crippen molar-refractivity contribution in [3.63, 3.8) is 0 Å². The summed E-state index contributed by atoms with van der Waals surface area (Å²) in [6.07, 6.45) is 0.570. The lowest BCUT2D eigenvalue weighted by molar-refractivity contribution is -0.385. The van der Waals surface area contributed by atoms with Crippen molar-refractivity contribution in [2.45, 2.75) is 12.5 Å². The van der Waals surface area contributed by atoms with Gasteiger partial charge < -0.3 is 15.2 Å². The van der Waals surface area contributed by atoms with Gasteiger partial charge in [-0.2, -0.15) is 0 Å². The molecule has 0 saturated carbocycles. The van der Waals surface area contributed by atoms with Gasteiger partial charge in [0, 0.05) is 18.5 Å². The predicted octanol–water partition coefficient (Wildman–Crippen LogP) is 1.81. The third kappa shape index (κ3) is 2.27. The van der Waals surface area contributed by atoms with Crippen LogP contribution in [0.5, 0.6) is 11.5 Å². The zero-order valence-electron chi connectivity index (χ0n) is 9.21. The van der Waals surface area contributed by atoms with Gasteiger partial charge in [-0.15, -0.1) is 12.4 Å². The molecule has 6 nitrogen and oxygen atoms in total. The lowest BCUT2D eigenvalue weighted by atomic mass is 9.99. The van der Waals surface area contributed by atoms with E-state index < -0.39 is 4.92 Å². The van der Waals surface area contributed by atoms with Crippen LogP contribution in [0.25, 0.3) is 0 Å². The summed E-state index contributed by atoms with van der Waals surface area (Å²) in [7, 11) is 1.49. The lowest BCUT2D eigenvalue weighted by Gasteiger charge is -2.24. The standard InChI is InChI=1S/C10H12N2O4.ClH/c1-15-8-3-2-7(12(13)14)9-6(11)4-5-16-10(8)9;/h2-3,6H,4-5,11H2,1H3;1H/t6-;/m1./s1. The van der Waals surface area contributed by atoms with E-state index in [1.54, 1.807) is 0 Å². The van der Waals surface area contributed by atoms with Crippen LogP contribution < -0.4 is 15.2 Å². The number of nitrogens with zero attached hydrogens (tertiary/aromatic N) is 1. The maximum absolute atomic E-state index is 10.9. The second-order valence-corrected chi connectivity index (χ2v) is 3.53. The maximum atomic E-state index is 10.9. The highest BCUT2D eigenvalue weighted by Crippen LogP contribution is 2.43. The number of benzene rings is 1. The van der Waals surface area contributed by atoms with Gasteiger partial charge >= 0.3 is 0 Å². The van der Waals surface area contributed by atoms with Crippen molar-refractivity contribution < 1.29 is 14.4 Å². The van der Waals surface area contributed by atoms with Crippen LogP contribution >= 0.6 is 12.4 Å². The number of fused-ring (bicyclic) bond motifs is 1. The molecule has 1 atom stereocenters. The van der Waals surface area contributed by atoms with Crippen molar-refractivity contribution in [2.75, 3.05) is 13.7 Å². The van der Waals surface area contributed by atoms with E-state index in [0.29, 0.717) is 30.1 Å². The molecule has 0 aliphatic carbocycles. The van der Waals surface area contributed by atoms with Gasteiger partial charge in [0.1, 0.15) is 0 Å². The predicted molar refractivity (Wildman–Crippen MR) is 63.9 cm³/mol. The molecule has 1 aliphatic rings. The third-order valence-corrected chi connectivity index (χ3v) is 2.60. The molecule has 0 aromatic heterocycles. The Morgan fingerprint density at radius 2 is 2.29 bits per heavy atom. The highest BCUT2D eigenvalue weighted by atomic mass is 35.5. The molecule has 0 fully saturated rings. The van der Waals surface area contributed by atoms with E-state index >= 15 is 0 Å². The number of rotatable bonds is 2. The van der Waals surface area contributed by atoms with Gasteiger partial charge in [-0.1, -0.05) is 0 Å². The number of halogens is 1. The van der Waals surface area contributed by atoms with Crippen LogP contribution in [0.4, 0.5) is 5.69 Å². The first-order valence-corrected chi connectivity index (χ1v) is 4.88. The number of methoxy groups -OCH3 is 1. The molecule has 0 spiro atoms. The molecule has 0 unspecified atom stereocenters. The molecule has 1 aromatic rings. The summed E-state index contributed by atoms with van der Waals surface area (Å²) in [6.45, 7) is 0.450. The van der Waals surface area contributed by atoms with Crippen molar-refractivity contribution >= 4 is 18.1 Å². The molecular weight excluding hydrogens is 248 g/mol. The van der Waals surface area contributed by atoms with Crippen LogP contribution in [0.3, 0.4) is 0 Å². The monoisotopic (exact) mass is 260 g/mol. The van der Waals surface area contributed by atoms with Crippen LogP contribution in [-0.4, -0.2) is 18.6 Å². The summed E-state index contributed by atoms with van der Waals surface area (Å²) in [5.74, 6) is 0.881. The molecule has 0 saturated heterocycles. The molecule has 17 heavy (non-hydrogen) atoms. The highest BCUT2D eigenvalue weighted by Gasteiger charge is 2.30. The summed E-state index contributed by atoms with van der Waals surface area (Å²) in [4.78, 5) is 10.4. The summed E-state index contributed by atoms with van der Waals surface area (Å²) < 4.78 is 10.5. The highest BCUT2D eigenvalue weighted by molar-refractivity contribution is 5.85. The molecule has 0 radical (unpaired) electrons. The smallest absolute Gasteiger partial charge is 0.278 e. The number of ether oxygens (including phenoxy) is 2. The van der Waals surface area contributed by atoms with Gasteiger partial charge in [-0.3, -0.25) is 10.1 Å². The van der Waals surface area contributed by atoms with E-state index in [4.69, 9.17) is 15.2 Å². The topological polar surface area (TPSA) is 87.6 Å². The molecule has 1 aromatic carbocycles. The number of nitrogens with two attached hydrogens (primary N) is 1. The van der Waals surface area contributed by atoms with Gasteiger partial charge in [-0.05, 0) is 6.07 Å². The van der Waals surface area contributed by atoms with E-state index in [0.717, 1.165) is 0 Å². The normalized spacial score (nSPS) is 17.4. The quantitative estimate of drug-likeness (QED) is 0.647. The van der Waals surface area contributed by atoms with E-state index in [1.807, 2.05) is 0 Å². The zero-order valence-corrected chi connectivity index (χ0v) is 10.0. The average Bonchev–Trinajstić information content (AvgIpc) is 2.28. The first kappa shape index (κ1) is 13.5. The summed E-state index contributed by atoms with van der Waals surface area (Å²) in [6, 6.07) is 2.54. The van der Waals surface area contributed by atoms with Crippen LogP contribution in [0.2, 0.25) is 0 Å². The van der Waals surface area contributed by atoms with E-state index in [1.165, 1.54) is 19.2 Å². The largest absolute Gasteiger partial charge is 0.493 e. The summed E-state index contributed by atoms with van der Waals surface area (Å²) in [5, 5.41) is 10.9. The van der Waals surface area contributed by atoms with E-state index in [9.17, 15) is 10.1 Å². The van der Waals surface area contributed by atoms with Crippen molar-refractivity contribution in [3.05, 3.63) is 27.8 Å². The SMILES string of the molecule is COc1ccc([N+](=O)[O-])c2c1OCC[C@H]2N.Cl. The summed E-state index contributed by atoms with van der Waals surface area (Å²) >= 11 is 0. The number of nitro benzene ring substituents is 1. The Balaban J connectivity index is 0.00000144. The lowest BCUT2D eigenvalue weighted by Crippen LogP contribution is -2.22. The van der Waals surface area contributed by atoms with Gasteiger partial charge in [0.15, 0.2) is 11.5 Å². The molecule has 7 heteroatoms. The average molecular weight is 261 g/mol. The zero-order chi connectivity index (χ0) is 11.7. The fraction of sp³-hybridized carbons (Fsp3) is 0.400. The second-order valence-electron chi connectivity index (χ2n) is 3.53. The molecule has 0 bridgehead atoms. The maximum Gasteiger partial charge on any atom is 0.278 e. The number of hydrogen-bond donors (Lipinski definition) is 1. The Morgan fingerprint density at radius 1 is 1.59 bits per heavy atom. The number of nitro groups is 1. The van der Waals surface area contributed by atoms with Gasteiger partial charge in [0.25, 0.3) is 5.69 Å². The van der Waals surface area contributed by atoms with Crippen LogP contribution in [0.1, 0.15) is 18.0 Å². The van der Waals surface area contributed by atoms with Gasteiger partial charge in [-0.25, -0.2) is 0 Å². The Kier molecular flexibility index (Phi) is 4.14. The first-order valence-electron chi connectivity index (χ1n) is 4.88. The van der Waals surface area contributed by atoms with E-state index in [-0.39, 0.29) is 24.1 Å². The van der Waals surface area contributed by atoms with Crippen molar-refractivity contribution in [1.29, 1.82) is 0 Å².